The fourth-order valence-electron chi connectivity index (χ4n) is 4.15. The summed E-state index contributed by atoms with van der Waals surface area (Å²) in [6.45, 7) is 1.27. The van der Waals surface area contributed by atoms with Gasteiger partial charge in [-0.15, -0.1) is 0 Å². The highest BCUT2D eigenvalue weighted by molar-refractivity contribution is 6.34. The van der Waals surface area contributed by atoms with Gasteiger partial charge in [0, 0.05) is 41.4 Å². The summed E-state index contributed by atoms with van der Waals surface area (Å²) < 4.78 is 7.14. The summed E-state index contributed by atoms with van der Waals surface area (Å²) >= 11 is 0. The molecule has 0 saturated heterocycles. The van der Waals surface area contributed by atoms with Crippen LogP contribution in [0.3, 0.4) is 0 Å². The molecule has 1 aliphatic carbocycles. The Hall–Kier alpha value is -3.73. The van der Waals surface area contributed by atoms with Crippen LogP contribution in [0.1, 0.15) is 38.8 Å². The molecule has 5 nitrogen and oxygen atoms in total. The molecule has 0 aliphatic heterocycles. The van der Waals surface area contributed by atoms with E-state index in [4.69, 9.17) is 4.74 Å². The highest BCUT2D eigenvalue weighted by Gasteiger charge is 2.35. The summed E-state index contributed by atoms with van der Waals surface area (Å²) in [5.41, 5.74) is 2.86. The molecule has 0 saturated carbocycles. The van der Waals surface area contributed by atoms with E-state index in [0.29, 0.717) is 11.1 Å². The van der Waals surface area contributed by atoms with E-state index in [0.717, 1.165) is 21.8 Å². The fourth-order valence-corrected chi connectivity index (χ4v) is 4.15. The van der Waals surface area contributed by atoms with Gasteiger partial charge in [0.05, 0.1) is 16.6 Å². The largest absolute Gasteiger partial charge is 0.426 e. The van der Waals surface area contributed by atoms with Gasteiger partial charge in [0.1, 0.15) is 5.75 Å². The van der Waals surface area contributed by atoms with Crippen LogP contribution in [0.15, 0.2) is 54.6 Å². The molecule has 3 aromatic carbocycles. The molecule has 1 aromatic heterocycles. The van der Waals surface area contributed by atoms with Gasteiger partial charge in [0.15, 0.2) is 11.6 Å². The zero-order valence-corrected chi connectivity index (χ0v) is 15.3. The topological polar surface area (TPSA) is 65.4 Å². The van der Waals surface area contributed by atoms with Crippen molar-refractivity contribution in [3.63, 3.8) is 0 Å². The maximum atomic E-state index is 13.4. The molecule has 0 atom stereocenters. The van der Waals surface area contributed by atoms with Crippen molar-refractivity contribution in [3.8, 4) is 5.75 Å². The van der Waals surface area contributed by atoms with Gasteiger partial charge in [-0.05, 0) is 18.2 Å². The number of nitrogens with zero attached hydrogens (tertiary/aromatic N) is 1. The molecule has 1 aliphatic rings. The number of carbonyl (C=O) groups is 3. The second-order valence-corrected chi connectivity index (χ2v) is 6.89. The molecular weight excluding hydrogens is 354 g/mol. The van der Waals surface area contributed by atoms with Crippen molar-refractivity contribution in [2.75, 3.05) is 0 Å². The number of fused-ring (bicyclic) bond motifs is 6. The minimum Gasteiger partial charge on any atom is -0.426 e. The fraction of sp³-hybridized carbons (Fsp3) is 0.0870. The van der Waals surface area contributed by atoms with E-state index in [-0.39, 0.29) is 28.4 Å². The van der Waals surface area contributed by atoms with E-state index >= 15 is 0 Å². The van der Waals surface area contributed by atoms with Gasteiger partial charge in [-0.1, -0.05) is 36.4 Å². The predicted molar refractivity (Wildman–Crippen MR) is 105 cm³/mol. The van der Waals surface area contributed by atoms with Gasteiger partial charge in [-0.2, -0.15) is 0 Å². The van der Waals surface area contributed by atoms with Crippen LogP contribution in [0.2, 0.25) is 0 Å². The molecule has 0 unspecified atom stereocenters. The third-order valence-electron chi connectivity index (χ3n) is 5.29. The minimum absolute atomic E-state index is 0.117. The normalized spacial score (nSPS) is 12.9. The maximum Gasteiger partial charge on any atom is 0.308 e. The first-order chi connectivity index (χ1) is 13.5. The Morgan fingerprint density at radius 1 is 0.821 bits per heavy atom. The second kappa shape index (κ2) is 5.63. The van der Waals surface area contributed by atoms with Gasteiger partial charge in [-0.3, -0.25) is 14.4 Å². The Morgan fingerprint density at radius 3 is 2.32 bits per heavy atom. The van der Waals surface area contributed by atoms with Crippen LogP contribution in [0.4, 0.5) is 0 Å². The molecule has 0 N–H and O–H groups in total. The highest BCUT2D eigenvalue weighted by Crippen LogP contribution is 2.39. The van der Waals surface area contributed by atoms with E-state index < -0.39 is 5.97 Å². The SMILES string of the molecule is CC(=O)Oc1cccc2c1C(=O)c1ccc3c4ccccc4n(C)c3c1C2=O. The van der Waals surface area contributed by atoms with Crippen LogP contribution in [-0.2, 0) is 11.8 Å². The molecular formula is C23H15NO4. The zero-order valence-electron chi connectivity index (χ0n) is 15.3. The Balaban J connectivity index is 1.86. The average molecular weight is 369 g/mol. The highest BCUT2D eigenvalue weighted by atomic mass is 16.5. The first-order valence-corrected chi connectivity index (χ1v) is 8.90. The number of carbonyl (C=O) groups excluding carboxylic acids is 3. The molecule has 0 radical (unpaired) electrons. The smallest absolute Gasteiger partial charge is 0.308 e. The summed E-state index contributed by atoms with van der Waals surface area (Å²) in [5, 5.41) is 1.96. The average Bonchev–Trinajstić information content (AvgIpc) is 2.98. The minimum atomic E-state index is -0.538. The molecule has 28 heavy (non-hydrogen) atoms. The molecule has 136 valence electrons. The van der Waals surface area contributed by atoms with E-state index in [9.17, 15) is 14.4 Å². The first kappa shape index (κ1) is 16.4. The summed E-state index contributed by atoms with van der Waals surface area (Å²) in [7, 11) is 1.90. The van der Waals surface area contributed by atoms with E-state index in [1.807, 2.05) is 41.9 Å². The summed E-state index contributed by atoms with van der Waals surface area (Å²) in [6.07, 6.45) is 0. The summed E-state index contributed by atoms with van der Waals surface area (Å²) in [5.74, 6) is -0.974. The lowest BCUT2D eigenvalue weighted by Crippen LogP contribution is -2.23. The third kappa shape index (κ3) is 2.04. The van der Waals surface area contributed by atoms with E-state index in [1.165, 1.54) is 13.0 Å². The molecule has 0 fully saturated rings. The van der Waals surface area contributed by atoms with Crippen molar-refractivity contribution in [1.82, 2.24) is 4.57 Å². The van der Waals surface area contributed by atoms with Gasteiger partial charge < -0.3 is 9.30 Å². The van der Waals surface area contributed by atoms with Crippen molar-refractivity contribution in [1.29, 1.82) is 0 Å². The van der Waals surface area contributed by atoms with Crippen LogP contribution >= 0.6 is 0 Å². The van der Waals surface area contributed by atoms with Crippen LogP contribution in [0, 0.1) is 0 Å². The predicted octanol–water partition coefficient (Wildman–Crippen LogP) is 4.03. The summed E-state index contributed by atoms with van der Waals surface area (Å²) in [4.78, 5) is 38.1. The molecule has 0 bridgehead atoms. The lowest BCUT2D eigenvalue weighted by atomic mass is 9.82. The number of para-hydroxylation sites is 1. The number of aryl methyl sites for hydroxylation is 1. The molecule has 0 amide bonds. The third-order valence-corrected chi connectivity index (χ3v) is 5.29. The number of benzene rings is 3. The van der Waals surface area contributed by atoms with Crippen molar-refractivity contribution in [2.24, 2.45) is 7.05 Å². The van der Waals surface area contributed by atoms with E-state index in [1.54, 1.807) is 18.2 Å². The monoisotopic (exact) mass is 369 g/mol. The van der Waals surface area contributed by atoms with Crippen molar-refractivity contribution < 1.29 is 19.1 Å². The Kier molecular flexibility index (Phi) is 3.31. The zero-order chi connectivity index (χ0) is 19.6. The molecule has 5 heteroatoms. The number of ether oxygens (including phenoxy) is 1. The maximum absolute atomic E-state index is 13.4. The standard InChI is InChI=1S/C23H15NO4/c1-12(25)28-18-9-5-7-15-19(18)22(26)16-11-10-14-13-6-3-4-8-17(13)24(2)21(14)20(16)23(15)27/h3-11H,1-2H3. The molecule has 1 heterocycles. The number of aromatic nitrogens is 1. The van der Waals surface area contributed by atoms with Crippen LogP contribution in [-0.4, -0.2) is 22.1 Å². The van der Waals surface area contributed by atoms with Crippen molar-refractivity contribution in [2.45, 2.75) is 6.92 Å². The van der Waals surface area contributed by atoms with Crippen molar-refractivity contribution in [3.05, 3.63) is 76.9 Å². The second-order valence-electron chi connectivity index (χ2n) is 6.89. The quantitative estimate of drug-likeness (QED) is 0.330. The Bertz CT molecular complexity index is 1360. The van der Waals surface area contributed by atoms with Crippen LogP contribution < -0.4 is 4.74 Å². The van der Waals surface area contributed by atoms with E-state index in [2.05, 4.69) is 0 Å². The Labute approximate surface area is 160 Å². The lowest BCUT2D eigenvalue weighted by Gasteiger charge is -2.20. The van der Waals surface area contributed by atoms with Gasteiger partial charge in [0.2, 0.25) is 0 Å². The lowest BCUT2D eigenvalue weighted by molar-refractivity contribution is -0.131. The number of esters is 1. The number of ketones is 2. The first-order valence-electron chi connectivity index (χ1n) is 8.90. The van der Waals surface area contributed by atoms with Gasteiger partial charge in [-0.25, -0.2) is 0 Å². The van der Waals surface area contributed by atoms with Gasteiger partial charge in [0.25, 0.3) is 0 Å². The molecule has 0 spiro atoms. The Morgan fingerprint density at radius 2 is 1.54 bits per heavy atom. The number of hydrogen-bond donors (Lipinski definition) is 0. The van der Waals surface area contributed by atoms with Crippen LogP contribution in [0.5, 0.6) is 5.75 Å². The van der Waals surface area contributed by atoms with Gasteiger partial charge >= 0.3 is 5.97 Å². The molecule has 4 aromatic rings. The number of rotatable bonds is 1. The number of hydrogen-bond acceptors (Lipinski definition) is 4. The van der Waals surface area contributed by atoms with Crippen LogP contribution in [0.25, 0.3) is 21.8 Å². The summed E-state index contributed by atoms with van der Waals surface area (Å²) in [6, 6.07) is 16.2. The molecule has 5 rings (SSSR count). The van der Waals surface area contributed by atoms with Crippen molar-refractivity contribution >= 4 is 39.3 Å².